The van der Waals surface area contributed by atoms with E-state index in [9.17, 15) is 4.79 Å². The zero-order chi connectivity index (χ0) is 16.4. The van der Waals surface area contributed by atoms with E-state index < -0.39 is 5.60 Å². The van der Waals surface area contributed by atoms with E-state index in [2.05, 4.69) is 38.2 Å². The SMILES string of the molecule is COC1(C(=O)N(C)c2ccc(C(C)(C)C)cc2)CCNCC1.Cl. The summed E-state index contributed by atoms with van der Waals surface area (Å²) < 4.78 is 5.63. The predicted octanol–water partition coefficient (Wildman–Crippen LogP) is 3.14. The highest BCUT2D eigenvalue weighted by Gasteiger charge is 2.41. The lowest BCUT2D eigenvalue weighted by Gasteiger charge is -2.37. The zero-order valence-corrected chi connectivity index (χ0v) is 15.6. The Morgan fingerprint density at radius 3 is 2.13 bits per heavy atom. The lowest BCUT2D eigenvalue weighted by atomic mass is 9.87. The lowest BCUT2D eigenvalue weighted by Crippen LogP contribution is -2.54. The Labute approximate surface area is 146 Å². The summed E-state index contributed by atoms with van der Waals surface area (Å²) in [6.45, 7) is 8.19. The number of hydrogen-bond acceptors (Lipinski definition) is 3. The number of benzene rings is 1. The molecule has 1 aromatic rings. The van der Waals surface area contributed by atoms with E-state index in [1.54, 1.807) is 12.0 Å². The van der Waals surface area contributed by atoms with Crippen LogP contribution in [0.15, 0.2) is 24.3 Å². The Kier molecular flexibility index (Phi) is 6.63. The van der Waals surface area contributed by atoms with Crippen molar-refractivity contribution in [2.45, 2.75) is 44.6 Å². The summed E-state index contributed by atoms with van der Waals surface area (Å²) in [4.78, 5) is 14.6. The molecule has 1 aromatic carbocycles. The largest absolute Gasteiger partial charge is 0.368 e. The van der Waals surface area contributed by atoms with Gasteiger partial charge in [-0.1, -0.05) is 32.9 Å². The smallest absolute Gasteiger partial charge is 0.259 e. The van der Waals surface area contributed by atoms with Gasteiger partial charge in [0.15, 0.2) is 0 Å². The average Bonchev–Trinajstić information content (AvgIpc) is 2.53. The molecule has 23 heavy (non-hydrogen) atoms. The van der Waals surface area contributed by atoms with Crippen molar-refractivity contribution in [1.82, 2.24) is 5.32 Å². The first kappa shape index (κ1) is 19.9. The van der Waals surface area contributed by atoms with Crippen LogP contribution in [0, 0.1) is 0 Å². The molecular formula is C18H29ClN2O2. The van der Waals surface area contributed by atoms with E-state index in [1.165, 1.54) is 5.56 Å². The molecule has 0 aromatic heterocycles. The summed E-state index contributed by atoms with van der Waals surface area (Å²) in [5, 5.41) is 3.28. The third kappa shape index (κ3) is 4.25. The van der Waals surface area contributed by atoms with Gasteiger partial charge in [0.2, 0.25) is 0 Å². The van der Waals surface area contributed by atoms with Crippen LogP contribution in [0.5, 0.6) is 0 Å². The second-order valence-corrected chi connectivity index (χ2v) is 7.11. The number of piperidine rings is 1. The molecule has 0 aliphatic carbocycles. The normalized spacial score (nSPS) is 17.3. The summed E-state index contributed by atoms with van der Waals surface area (Å²) in [6.07, 6.45) is 1.43. The molecule has 1 N–H and O–H groups in total. The maximum Gasteiger partial charge on any atom is 0.259 e. The van der Waals surface area contributed by atoms with E-state index in [1.807, 2.05) is 19.2 Å². The quantitative estimate of drug-likeness (QED) is 0.919. The van der Waals surface area contributed by atoms with Gasteiger partial charge in [-0.05, 0) is 49.0 Å². The Morgan fingerprint density at radius 2 is 1.70 bits per heavy atom. The van der Waals surface area contributed by atoms with Crippen molar-refractivity contribution in [3.05, 3.63) is 29.8 Å². The van der Waals surface area contributed by atoms with Crippen LogP contribution in [0.3, 0.4) is 0 Å². The maximum atomic E-state index is 12.9. The predicted molar refractivity (Wildman–Crippen MR) is 97.6 cm³/mol. The van der Waals surface area contributed by atoms with Crippen molar-refractivity contribution in [3.63, 3.8) is 0 Å². The minimum absolute atomic E-state index is 0. The van der Waals surface area contributed by atoms with Crippen LogP contribution in [0.25, 0.3) is 0 Å². The molecule has 130 valence electrons. The first-order valence-corrected chi connectivity index (χ1v) is 7.95. The molecule has 1 aliphatic heterocycles. The van der Waals surface area contributed by atoms with E-state index in [0.29, 0.717) is 12.8 Å². The molecule has 1 amide bonds. The van der Waals surface area contributed by atoms with E-state index in [-0.39, 0.29) is 23.7 Å². The number of likely N-dealkylation sites (N-methyl/N-ethyl adjacent to an activating group) is 1. The highest BCUT2D eigenvalue weighted by atomic mass is 35.5. The van der Waals surface area contributed by atoms with E-state index in [4.69, 9.17) is 4.74 Å². The van der Waals surface area contributed by atoms with Gasteiger partial charge in [-0.2, -0.15) is 0 Å². The molecule has 0 bridgehead atoms. The summed E-state index contributed by atoms with van der Waals surface area (Å²) >= 11 is 0. The second kappa shape index (κ2) is 7.65. The molecule has 0 unspecified atom stereocenters. The van der Waals surface area contributed by atoms with Crippen molar-refractivity contribution >= 4 is 24.0 Å². The number of nitrogens with zero attached hydrogens (tertiary/aromatic N) is 1. The van der Waals surface area contributed by atoms with Crippen LogP contribution in [-0.4, -0.2) is 38.8 Å². The number of carbonyl (C=O) groups excluding carboxylic acids is 1. The standard InChI is InChI=1S/C18H28N2O2.ClH/c1-17(2,3)14-6-8-15(9-7-14)20(4)16(21)18(22-5)10-12-19-13-11-18;/h6-9,19H,10-13H2,1-5H3;1H. The van der Waals surface area contributed by atoms with Gasteiger partial charge in [-0.25, -0.2) is 0 Å². The van der Waals surface area contributed by atoms with Crippen molar-refractivity contribution in [1.29, 1.82) is 0 Å². The van der Waals surface area contributed by atoms with Crippen molar-refractivity contribution in [3.8, 4) is 0 Å². The summed E-state index contributed by atoms with van der Waals surface area (Å²) in [6, 6.07) is 8.23. The number of ether oxygens (including phenoxy) is 1. The van der Waals surface area contributed by atoms with Gasteiger partial charge in [-0.15, -0.1) is 12.4 Å². The number of amides is 1. The minimum atomic E-state index is -0.692. The number of nitrogens with one attached hydrogen (secondary N) is 1. The van der Waals surface area contributed by atoms with Crippen molar-refractivity contribution in [2.24, 2.45) is 0 Å². The molecule has 0 spiro atoms. The topological polar surface area (TPSA) is 41.6 Å². The molecule has 4 nitrogen and oxygen atoms in total. The Hall–Kier alpha value is -1.10. The van der Waals surface area contributed by atoms with Crippen LogP contribution in [-0.2, 0) is 14.9 Å². The monoisotopic (exact) mass is 340 g/mol. The summed E-state index contributed by atoms with van der Waals surface area (Å²) in [7, 11) is 3.47. The number of rotatable bonds is 3. The highest BCUT2D eigenvalue weighted by Crippen LogP contribution is 2.29. The van der Waals surface area contributed by atoms with Crippen LogP contribution in [0.4, 0.5) is 5.69 Å². The third-order valence-corrected chi connectivity index (χ3v) is 4.62. The van der Waals surface area contributed by atoms with Gasteiger partial charge in [0.05, 0.1) is 0 Å². The Bertz CT molecular complexity index is 517. The molecule has 5 heteroatoms. The first-order chi connectivity index (χ1) is 10.3. The molecule has 1 fully saturated rings. The number of carbonyl (C=O) groups is 1. The van der Waals surface area contributed by atoms with Gasteiger partial charge in [0, 0.05) is 19.8 Å². The van der Waals surface area contributed by atoms with Crippen LogP contribution in [0.1, 0.15) is 39.2 Å². The minimum Gasteiger partial charge on any atom is -0.368 e. The number of halogens is 1. The number of hydrogen-bond donors (Lipinski definition) is 1. The van der Waals surface area contributed by atoms with Gasteiger partial charge in [-0.3, -0.25) is 4.79 Å². The maximum absolute atomic E-state index is 12.9. The van der Waals surface area contributed by atoms with Crippen LogP contribution in [0.2, 0.25) is 0 Å². The van der Waals surface area contributed by atoms with Crippen molar-refractivity contribution < 1.29 is 9.53 Å². The van der Waals surface area contributed by atoms with E-state index in [0.717, 1.165) is 18.8 Å². The first-order valence-electron chi connectivity index (χ1n) is 7.95. The summed E-state index contributed by atoms with van der Waals surface area (Å²) in [5.74, 6) is 0.0417. The number of methoxy groups -OCH3 is 1. The number of anilines is 1. The molecule has 1 aliphatic rings. The molecule has 0 atom stereocenters. The third-order valence-electron chi connectivity index (χ3n) is 4.62. The fraction of sp³-hybridized carbons (Fsp3) is 0.611. The molecule has 1 saturated heterocycles. The molecule has 0 radical (unpaired) electrons. The molecular weight excluding hydrogens is 312 g/mol. The highest BCUT2D eigenvalue weighted by molar-refractivity contribution is 5.99. The van der Waals surface area contributed by atoms with Crippen molar-refractivity contribution in [2.75, 3.05) is 32.1 Å². The van der Waals surface area contributed by atoms with Gasteiger partial charge < -0.3 is 15.0 Å². The Morgan fingerprint density at radius 1 is 1.17 bits per heavy atom. The van der Waals surface area contributed by atoms with E-state index >= 15 is 0 Å². The van der Waals surface area contributed by atoms with Gasteiger partial charge >= 0.3 is 0 Å². The fourth-order valence-corrected chi connectivity index (χ4v) is 2.94. The summed E-state index contributed by atoms with van der Waals surface area (Å²) in [5.41, 5.74) is 1.60. The zero-order valence-electron chi connectivity index (χ0n) is 14.8. The van der Waals surface area contributed by atoms with Crippen LogP contribution >= 0.6 is 12.4 Å². The average molecular weight is 341 g/mol. The lowest BCUT2D eigenvalue weighted by molar-refractivity contribution is -0.143. The Balaban J connectivity index is 0.00000264. The molecule has 2 rings (SSSR count). The molecule has 0 saturated carbocycles. The second-order valence-electron chi connectivity index (χ2n) is 7.11. The molecule has 1 heterocycles. The van der Waals surface area contributed by atoms with Gasteiger partial charge in [0.1, 0.15) is 5.60 Å². The fourth-order valence-electron chi connectivity index (χ4n) is 2.94. The van der Waals surface area contributed by atoms with Gasteiger partial charge in [0.25, 0.3) is 5.91 Å². The van der Waals surface area contributed by atoms with Crippen LogP contribution < -0.4 is 10.2 Å².